The van der Waals surface area contributed by atoms with E-state index >= 15 is 0 Å². The maximum atomic E-state index is 8.63. The normalized spacial score (nSPS) is 11.9. The van der Waals surface area contributed by atoms with Gasteiger partial charge in [-0.3, -0.25) is 0 Å². The van der Waals surface area contributed by atoms with E-state index in [0.29, 0.717) is 18.9 Å². The Morgan fingerprint density at radius 2 is 2.00 bits per heavy atom. The van der Waals surface area contributed by atoms with Gasteiger partial charge in [0, 0.05) is 6.42 Å². The molecule has 1 atom stereocenters. The summed E-state index contributed by atoms with van der Waals surface area (Å²) in [5.41, 5.74) is 3.84. The Bertz CT molecular complexity index is 418. The van der Waals surface area contributed by atoms with Crippen molar-refractivity contribution in [1.82, 2.24) is 0 Å². The van der Waals surface area contributed by atoms with Gasteiger partial charge in [-0.15, -0.1) is 0 Å². The van der Waals surface area contributed by atoms with Crippen LogP contribution in [0.15, 0.2) is 12.1 Å². The van der Waals surface area contributed by atoms with E-state index in [0.717, 1.165) is 12.2 Å². The zero-order valence-electron chi connectivity index (χ0n) is 11.2. The first-order valence-electron chi connectivity index (χ1n) is 6.21. The number of hydrogen-bond acceptors (Lipinski definition) is 2. The maximum Gasteiger partial charge on any atom is 0.122 e. The second-order valence-corrected chi connectivity index (χ2v) is 4.43. The summed E-state index contributed by atoms with van der Waals surface area (Å²) in [6.07, 6.45) is 1.54. The zero-order chi connectivity index (χ0) is 12.8. The summed E-state index contributed by atoms with van der Waals surface area (Å²) in [6.45, 7) is 9.11. The summed E-state index contributed by atoms with van der Waals surface area (Å²) in [4.78, 5) is 0. The number of ether oxygens (including phenoxy) is 1. The molecule has 2 nitrogen and oxygen atoms in total. The smallest absolute Gasteiger partial charge is 0.122 e. The van der Waals surface area contributed by atoms with Crippen LogP contribution in [0.1, 0.15) is 49.3 Å². The molecule has 0 heterocycles. The molecule has 17 heavy (non-hydrogen) atoms. The fourth-order valence-electron chi connectivity index (χ4n) is 2.10. The van der Waals surface area contributed by atoms with E-state index in [4.69, 9.17) is 10.00 Å². The van der Waals surface area contributed by atoms with E-state index in [9.17, 15) is 0 Å². The third-order valence-corrected chi connectivity index (χ3v) is 3.30. The molecule has 0 saturated heterocycles. The average Bonchev–Trinajstić information content (AvgIpc) is 2.32. The van der Waals surface area contributed by atoms with E-state index in [1.54, 1.807) is 0 Å². The SMILES string of the molecule is CCOc1ccc(C(C)CCC#N)c(C)c1C. The minimum Gasteiger partial charge on any atom is -0.494 e. The van der Waals surface area contributed by atoms with Gasteiger partial charge >= 0.3 is 0 Å². The van der Waals surface area contributed by atoms with Crippen molar-refractivity contribution in [2.24, 2.45) is 0 Å². The van der Waals surface area contributed by atoms with Crippen molar-refractivity contribution in [3.63, 3.8) is 0 Å². The molecule has 1 unspecified atom stereocenters. The number of nitrogens with zero attached hydrogens (tertiary/aromatic N) is 1. The molecule has 0 spiro atoms. The Labute approximate surface area is 104 Å². The van der Waals surface area contributed by atoms with Gasteiger partial charge < -0.3 is 4.74 Å². The average molecular weight is 231 g/mol. The van der Waals surface area contributed by atoms with Gasteiger partial charge in [0.25, 0.3) is 0 Å². The predicted molar refractivity (Wildman–Crippen MR) is 70.3 cm³/mol. The lowest BCUT2D eigenvalue weighted by Crippen LogP contribution is -2.01. The second-order valence-electron chi connectivity index (χ2n) is 4.43. The molecule has 0 bridgehead atoms. The standard InChI is InChI=1S/C15H21NO/c1-5-17-15-9-8-14(12(3)13(15)4)11(2)7-6-10-16/h8-9,11H,5-7H2,1-4H3. The Hall–Kier alpha value is -1.49. The van der Waals surface area contributed by atoms with Crippen molar-refractivity contribution in [1.29, 1.82) is 5.26 Å². The molecule has 0 aliphatic carbocycles. The summed E-state index contributed by atoms with van der Waals surface area (Å²) in [5, 5.41) is 8.63. The maximum absolute atomic E-state index is 8.63. The third kappa shape index (κ3) is 3.23. The quantitative estimate of drug-likeness (QED) is 0.764. The topological polar surface area (TPSA) is 33.0 Å². The zero-order valence-corrected chi connectivity index (χ0v) is 11.2. The third-order valence-electron chi connectivity index (χ3n) is 3.30. The van der Waals surface area contributed by atoms with Gasteiger partial charge in [0.1, 0.15) is 5.75 Å². The van der Waals surface area contributed by atoms with Crippen molar-refractivity contribution in [2.45, 2.75) is 46.5 Å². The highest BCUT2D eigenvalue weighted by molar-refractivity contribution is 5.44. The molecule has 0 aliphatic rings. The van der Waals surface area contributed by atoms with E-state index < -0.39 is 0 Å². The van der Waals surface area contributed by atoms with Crippen LogP contribution >= 0.6 is 0 Å². The first kappa shape index (κ1) is 13.6. The largest absolute Gasteiger partial charge is 0.494 e. The molecule has 1 aromatic rings. The molecule has 92 valence electrons. The first-order valence-corrected chi connectivity index (χ1v) is 6.21. The van der Waals surface area contributed by atoms with Crippen molar-refractivity contribution in [2.75, 3.05) is 6.61 Å². The van der Waals surface area contributed by atoms with Gasteiger partial charge in [-0.1, -0.05) is 13.0 Å². The van der Waals surface area contributed by atoms with Gasteiger partial charge in [0.2, 0.25) is 0 Å². The molecule has 0 saturated carbocycles. The van der Waals surface area contributed by atoms with Crippen molar-refractivity contribution >= 4 is 0 Å². The number of rotatable bonds is 5. The highest BCUT2D eigenvalue weighted by atomic mass is 16.5. The second kappa shape index (κ2) is 6.30. The molecule has 0 aromatic heterocycles. The van der Waals surface area contributed by atoms with E-state index in [2.05, 4.69) is 32.9 Å². The molecule has 1 aromatic carbocycles. The van der Waals surface area contributed by atoms with Crippen LogP contribution in [0.25, 0.3) is 0 Å². The highest BCUT2D eigenvalue weighted by Gasteiger charge is 2.12. The van der Waals surface area contributed by atoms with Crippen LogP contribution in [0.2, 0.25) is 0 Å². The van der Waals surface area contributed by atoms with Gasteiger partial charge in [-0.2, -0.15) is 5.26 Å². The molecular formula is C15H21NO. The molecule has 0 fully saturated rings. The van der Waals surface area contributed by atoms with Crippen molar-refractivity contribution in [3.8, 4) is 11.8 Å². The molecule has 0 N–H and O–H groups in total. The molecule has 0 amide bonds. The minimum absolute atomic E-state index is 0.434. The summed E-state index contributed by atoms with van der Waals surface area (Å²) in [6, 6.07) is 6.39. The summed E-state index contributed by atoms with van der Waals surface area (Å²) < 4.78 is 5.58. The van der Waals surface area contributed by atoms with Crippen LogP contribution in [-0.2, 0) is 0 Å². The summed E-state index contributed by atoms with van der Waals surface area (Å²) in [7, 11) is 0. The van der Waals surface area contributed by atoms with Crippen molar-refractivity contribution in [3.05, 3.63) is 28.8 Å². The fraction of sp³-hybridized carbons (Fsp3) is 0.533. The highest BCUT2D eigenvalue weighted by Crippen LogP contribution is 2.30. The number of hydrogen-bond donors (Lipinski definition) is 0. The lowest BCUT2D eigenvalue weighted by atomic mass is 9.90. The monoisotopic (exact) mass is 231 g/mol. The molecule has 0 aliphatic heterocycles. The Morgan fingerprint density at radius 3 is 2.59 bits per heavy atom. The van der Waals surface area contributed by atoms with Gasteiger partial charge in [-0.05, 0) is 55.9 Å². The molecular weight excluding hydrogens is 210 g/mol. The lowest BCUT2D eigenvalue weighted by Gasteiger charge is -2.17. The van der Waals surface area contributed by atoms with Crippen molar-refractivity contribution < 1.29 is 4.74 Å². The van der Waals surface area contributed by atoms with Crippen LogP contribution in [0.3, 0.4) is 0 Å². The summed E-state index contributed by atoms with van der Waals surface area (Å²) >= 11 is 0. The summed E-state index contributed by atoms with van der Waals surface area (Å²) in [5.74, 6) is 1.41. The predicted octanol–water partition coefficient (Wildman–Crippen LogP) is 4.11. The Balaban J connectivity index is 2.96. The minimum atomic E-state index is 0.434. The van der Waals surface area contributed by atoms with Crippen LogP contribution in [0, 0.1) is 25.2 Å². The van der Waals surface area contributed by atoms with Crippen LogP contribution in [-0.4, -0.2) is 6.61 Å². The molecule has 1 rings (SSSR count). The Kier molecular flexibility index (Phi) is 5.03. The van der Waals surface area contributed by atoms with Gasteiger partial charge in [-0.25, -0.2) is 0 Å². The molecule has 2 heteroatoms. The number of nitriles is 1. The first-order chi connectivity index (χ1) is 8.11. The van der Waals surface area contributed by atoms with Crippen LogP contribution in [0.4, 0.5) is 0 Å². The van der Waals surface area contributed by atoms with Gasteiger partial charge in [0.05, 0.1) is 12.7 Å². The molecule has 0 radical (unpaired) electrons. The van der Waals surface area contributed by atoms with Crippen LogP contribution < -0.4 is 4.74 Å². The van der Waals surface area contributed by atoms with E-state index in [-0.39, 0.29) is 0 Å². The van der Waals surface area contributed by atoms with Crippen LogP contribution in [0.5, 0.6) is 5.75 Å². The lowest BCUT2D eigenvalue weighted by molar-refractivity contribution is 0.337. The van der Waals surface area contributed by atoms with E-state index in [1.807, 2.05) is 13.0 Å². The fourth-order valence-corrected chi connectivity index (χ4v) is 2.10. The number of benzene rings is 1. The Morgan fingerprint density at radius 1 is 1.29 bits per heavy atom. The van der Waals surface area contributed by atoms with E-state index in [1.165, 1.54) is 16.7 Å². The van der Waals surface area contributed by atoms with Gasteiger partial charge in [0.15, 0.2) is 0 Å².